The van der Waals surface area contributed by atoms with E-state index in [2.05, 4.69) is 5.32 Å². The molecule has 2 atom stereocenters. The molecule has 4 rings (SSSR count). The number of hydrogen-bond donors (Lipinski definition) is 1. The first kappa shape index (κ1) is 19.8. The lowest BCUT2D eigenvalue weighted by Crippen LogP contribution is -2.53. The van der Waals surface area contributed by atoms with Gasteiger partial charge in [-0.25, -0.2) is 0 Å². The number of nitrogens with one attached hydrogen (secondary N) is 1. The number of halogens is 3. The van der Waals surface area contributed by atoms with Crippen LogP contribution < -0.4 is 10.1 Å². The number of amides is 1. The highest BCUT2D eigenvalue weighted by Crippen LogP contribution is 2.46. The Bertz CT molecular complexity index is 847. The topological polar surface area (TPSA) is 41.6 Å². The normalized spacial score (nSPS) is 24.2. The number of ether oxygens (including phenoxy) is 1. The van der Waals surface area contributed by atoms with Crippen molar-refractivity contribution in [1.29, 1.82) is 0 Å². The van der Waals surface area contributed by atoms with E-state index in [-0.39, 0.29) is 32.2 Å². The van der Waals surface area contributed by atoms with E-state index >= 15 is 0 Å². The van der Waals surface area contributed by atoms with Crippen molar-refractivity contribution in [3.05, 3.63) is 65.7 Å². The molecule has 0 spiro atoms. The average molecular weight is 404 g/mol. The molecular weight excluding hydrogens is 381 g/mol. The van der Waals surface area contributed by atoms with Crippen LogP contribution >= 0.6 is 0 Å². The standard InChI is InChI=1S/C22H23F3N2O2/c23-22(24,25)21(10-11-27(15-21)14-16-6-2-1-3-7-16)20(28)26-13-18-12-17-8-4-5-9-19(17)29-18/h1-9,18H,10-15H2,(H,26,28). The molecule has 2 aliphatic rings. The largest absolute Gasteiger partial charge is 0.488 e. The van der Waals surface area contributed by atoms with Crippen molar-refractivity contribution in [2.75, 3.05) is 19.6 Å². The van der Waals surface area contributed by atoms with Crippen LogP contribution in [0, 0.1) is 5.41 Å². The Hall–Kier alpha value is -2.54. The minimum absolute atomic E-state index is 0.0596. The summed E-state index contributed by atoms with van der Waals surface area (Å²) in [4.78, 5) is 14.4. The number of nitrogens with zero attached hydrogens (tertiary/aromatic N) is 1. The maximum absolute atomic E-state index is 14.0. The first-order valence-electron chi connectivity index (χ1n) is 9.73. The van der Waals surface area contributed by atoms with Gasteiger partial charge in [0.05, 0.1) is 6.54 Å². The monoisotopic (exact) mass is 404 g/mol. The molecule has 4 nitrogen and oxygen atoms in total. The van der Waals surface area contributed by atoms with E-state index in [0.717, 1.165) is 16.9 Å². The molecule has 2 aliphatic heterocycles. The van der Waals surface area contributed by atoms with Crippen LogP contribution in [0.15, 0.2) is 54.6 Å². The maximum atomic E-state index is 14.0. The molecule has 0 radical (unpaired) electrons. The van der Waals surface area contributed by atoms with Gasteiger partial charge in [-0.1, -0.05) is 48.5 Å². The fourth-order valence-corrected chi connectivity index (χ4v) is 4.15. The van der Waals surface area contributed by atoms with Crippen LogP contribution in [0.2, 0.25) is 0 Å². The summed E-state index contributed by atoms with van der Waals surface area (Å²) in [5.74, 6) is -0.229. The van der Waals surface area contributed by atoms with Gasteiger partial charge in [-0.15, -0.1) is 0 Å². The van der Waals surface area contributed by atoms with Gasteiger partial charge >= 0.3 is 6.18 Å². The van der Waals surface area contributed by atoms with Crippen LogP contribution in [0.3, 0.4) is 0 Å². The van der Waals surface area contributed by atoms with E-state index in [4.69, 9.17) is 4.74 Å². The van der Waals surface area contributed by atoms with Crippen LogP contribution in [-0.2, 0) is 17.8 Å². The van der Waals surface area contributed by atoms with E-state index in [1.165, 1.54) is 0 Å². The number of hydrogen-bond acceptors (Lipinski definition) is 3. The molecular formula is C22H23F3N2O2. The van der Waals surface area contributed by atoms with Crippen LogP contribution in [0.5, 0.6) is 5.75 Å². The minimum atomic E-state index is -4.61. The van der Waals surface area contributed by atoms with Gasteiger partial charge in [0.25, 0.3) is 0 Å². The Balaban J connectivity index is 1.40. The molecule has 0 aliphatic carbocycles. The molecule has 0 bridgehead atoms. The molecule has 2 aromatic carbocycles. The average Bonchev–Trinajstić information content (AvgIpc) is 3.31. The summed E-state index contributed by atoms with van der Waals surface area (Å²) in [6, 6.07) is 16.8. The molecule has 29 heavy (non-hydrogen) atoms. The first-order chi connectivity index (χ1) is 13.9. The number of fused-ring (bicyclic) bond motifs is 1. The summed E-state index contributed by atoms with van der Waals surface area (Å²) in [5, 5.41) is 2.52. The van der Waals surface area contributed by atoms with Crippen molar-refractivity contribution in [3.8, 4) is 5.75 Å². The number of carbonyl (C=O) groups is 1. The van der Waals surface area contributed by atoms with Crippen molar-refractivity contribution < 1.29 is 22.7 Å². The minimum Gasteiger partial charge on any atom is -0.488 e. The summed E-state index contributed by atoms with van der Waals surface area (Å²) in [6.07, 6.45) is -4.61. The zero-order chi connectivity index (χ0) is 20.5. The number of alkyl halides is 3. The van der Waals surface area contributed by atoms with Crippen molar-refractivity contribution in [2.24, 2.45) is 5.41 Å². The predicted octanol–water partition coefficient (Wildman–Crippen LogP) is 3.56. The second-order valence-electron chi connectivity index (χ2n) is 7.79. The number of rotatable bonds is 5. The van der Waals surface area contributed by atoms with E-state index in [1.807, 2.05) is 54.6 Å². The van der Waals surface area contributed by atoms with Gasteiger partial charge in [0, 0.05) is 19.5 Å². The Morgan fingerprint density at radius 1 is 1.14 bits per heavy atom. The second-order valence-corrected chi connectivity index (χ2v) is 7.79. The summed E-state index contributed by atoms with van der Waals surface area (Å²) >= 11 is 0. The van der Waals surface area contributed by atoms with Gasteiger partial charge in [-0.3, -0.25) is 9.69 Å². The van der Waals surface area contributed by atoms with Gasteiger partial charge in [-0.2, -0.15) is 13.2 Å². The lowest BCUT2D eigenvalue weighted by atomic mass is 9.85. The number of benzene rings is 2. The second kappa shape index (κ2) is 7.71. The predicted molar refractivity (Wildman–Crippen MR) is 102 cm³/mol. The Morgan fingerprint density at radius 3 is 2.59 bits per heavy atom. The fraction of sp³-hybridized carbons (Fsp3) is 0.409. The molecule has 2 unspecified atom stereocenters. The maximum Gasteiger partial charge on any atom is 0.404 e. The Kier molecular flexibility index (Phi) is 5.25. The van der Waals surface area contributed by atoms with Crippen LogP contribution in [0.4, 0.5) is 13.2 Å². The lowest BCUT2D eigenvalue weighted by Gasteiger charge is -2.31. The zero-order valence-corrected chi connectivity index (χ0v) is 15.9. The van der Waals surface area contributed by atoms with Gasteiger partial charge in [0.15, 0.2) is 5.41 Å². The van der Waals surface area contributed by atoms with E-state index in [1.54, 1.807) is 4.90 Å². The number of carbonyl (C=O) groups excluding carboxylic acids is 1. The van der Waals surface area contributed by atoms with E-state index in [9.17, 15) is 18.0 Å². The third kappa shape index (κ3) is 3.96. The van der Waals surface area contributed by atoms with E-state index < -0.39 is 17.5 Å². The molecule has 7 heteroatoms. The van der Waals surface area contributed by atoms with Crippen LogP contribution in [0.1, 0.15) is 17.5 Å². The van der Waals surface area contributed by atoms with Gasteiger partial charge in [0.1, 0.15) is 11.9 Å². The third-order valence-electron chi connectivity index (χ3n) is 5.78. The summed E-state index contributed by atoms with van der Waals surface area (Å²) in [6.45, 7) is 0.354. The smallest absolute Gasteiger partial charge is 0.404 e. The van der Waals surface area contributed by atoms with Crippen LogP contribution in [-0.4, -0.2) is 42.7 Å². The quantitative estimate of drug-likeness (QED) is 0.829. The summed E-state index contributed by atoms with van der Waals surface area (Å²) < 4.78 is 47.7. The number of para-hydroxylation sites is 1. The third-order valence-corrected chi connectivity index (χ3v) is 5.78. The van der Waals surface area contributed by atoms with Crippen molar-refractivity contribution in [2.45, 2.75) is 31.7 Å². The lowest BCUT2D eigenvalue weighted by molar-refractivity contribution is -0.218. The highest BCUT2D eigenvalue weighted by molar-refractivity contribution is 5.84. The van der Waals surface area contributed by atoms with Crippen molar-refractivity contribution >= 4 is 5.91 Å². The molecule has 0 aromatic heterocycles. The molecule has 1 N–H and O–H groups in total. The summed E-state index contributed by atoms with van der Waals surface area (Å²) in [7, 11) is 0. The zero-order valence-electron chi connectivity index (χ0n) is 15.9. The highest BCUT2D eigenvalue weighted by Gasteiger charge is 2.62. The highest BCUT2D eigenvalue weighted by atomic mass is 19.4. The molecule has 1 amide bonds. The first-order valence-corrected chi connectivity index (χ1v) is 9.73. The Labute approximate surface area is 167 Å². The van der Waals surface area contributed by atoms with Gasteiger partial charge in [-0.05, 0) is 30.2 Å². The molecule has 1 saturated heterocycles. The SMILES string of the molecule is O=C(NCC1Cc2ccccc2O1)C1(C(F)(F)F)CCN(Cc2ccccc2)C1. The van der Waals surface area contributed by atoms with Crippen LogP contribution in [0.25, 0.3) is 0 Å². The van der Waals surface area contributed by atoms with Crippen molar-refractivity contribution in [1.82, 2.24) is 10.2 Å². The van der Waals surface area contributed by atoms with Gasteiger partial charge < -0.3 is 10.1 Å². The van der Waals surface area contributed by atoms with Gasteiger partial charge in [0.2, 0.25) is 5.91 Å². The molecule has 154 valence electrons. The fourth-order valence-electron chi connectivity index (χ4n) is 4.15. The Morgan fingerprint density at radius 2 is 1.86 bits per heavy atom. The molecule has 2 aromatic rings. The van der Waals surface area contributed by atoms with E-state index in [0.29, 0.717) is 13.0 Å². The number of likely N-dealkylation sites (tertiary alicyclic amines) is 1. The molecule has 1 fully saturated rings. The summed E-state index contributed by atoms with van der Waals surface area (Å²) in [5.41, 5.74) is -0.442. The molecule has 0 saturated carbocycles. The molecule has 2 heterocycles. The van der Waals surface area contributed by atoms with Crippen molar-refractivity contribution in [3.63, 3.8) is 0 Å².